The summed E-state index contributed by atoms with van der Waals surface area (Å²) in [4.78, 5) is 26.6. The first-order valence-corrected chi connectivity index (χ1v) is 8.19. The van der Waals surface area contributed by atoms with Gasteiger partial charge in [0.1, 0.15) is 5.69 Å². The summed E-state index contributed by atoms with van der Waals surface area (Å²) in [5.41, 5.74) is 2.31. The lowest BCUT2D eigenvalue weighted by Gasteiger charge is -2.32. The van der Waals surface area contributed by atoms with Gasteiger partial charge in [0, 0.05) is 42.2 Å². The SMILES string of the molecule is Cc1cc(C(=O)N2Cc3nnn(-c4ncccn4)c3C[C@@H]2C)cc(F)n1. The third-order valence-electron chi connectivity index (χ3n) is 4.36. The van der Waals surface area contributed by atoms with Crippen LogP contribution in [0.5, 0.6) is 0 Å². The molecule has 4 heterocycles. The van der Waals surface area contributed by atoms with Crippen LogP contribution in [-0.4, -0.2) is 46.8 Å². The molecular formula is C17H16FN7O. The van der Waals surface area contributed by atoms with Crippen molar-refractivity contribution in [3.8, 4) is 5.95 Å². The number of pyridine rings is 1. The first kappa shape index (κ1) is 16.2. The Morgan fingerprint density at radius 3 is 2.77 bits per heavy atom. The second-order valence-electron chi connectivity index (χ2n) is 6.25. The summed E-state index contributed by atoms with van der Waals surface area (Å²) >= 11 is 0. The van der Waals surface area contributed by atoms with Gasteiger partial charge < -0.3 is 4.90 Å². The minimum absolute atomic E-state index is 0.104. The van der Waals surface area contributed by atoms with E-state index in [0.29, 0.717) is 30.3 Å². The summed E-state index contributed by atoms with van der Waals surface area (Å²) in [6, 6.07) is 4.37. The van der Waals surface area contributed by atoms with Crippen LogP contribution >= 0.6 is 0 Å². The molecule has 8 nitrogen and oxygen atoms in total. The minimum Gasteiger partial charge on any atom is -0.329 e. The van der Waals surface area contributed by atoms with Crippen LogP contribution in [-0.2, 0) is 13.0 Å². The Morgan fingerprint density at radius 1 is 1.27 bits per heavy atom. The quantitative estimate of drug-likeness (QED) is 0.649. The molecule has 0 spiro atoms. The number of fused-ring (bicyclic) bond motifs is 1. The fourth-order valence-electron chi connectivity index (χ4n) is 3.12. The standard InChI is InChI=1S/C17H16FN7O/c1-10-6-12(8-15(18)21-10)16(26)24-9-13-14(7-11(24)2)25(23-22-13)17-19-4-3-5-20-17/h3-6,8,11H,7,9H2,1-2H3/t11-/m0/s1. The molecule has 0 N–H and O–H groups in total. The topological polar surface area (TPSA) is 89.7 Å². The van der Waals surface area contributed by atoms with E-state index in [0.717, 1.165) is 11.8 Å². The predicted molar refractivity (Wildman–Crippen MR) is 88.9 cm³/mol. The van der Waals surface area contributed by atoms with Crippen molar-refractivity contribution in [1.82, 2.24) is 34.8 Å². The van der Waals surface area contributed by atoms with Gasteiger partial charge in [-0.1, -0.05) is 5.21 Å². The average molecular weight is 353 g/mol. The van der Waals surface area contributed by atoms with E-state index < -0.39 is 5.95 Å². The van der Waals surface area contributed by atoms with Crippen molar-refractivity contribution in [3.63, 3.8) is 0 Å². The molecule has 1 aliphatic heterocycles. The highest BCUT2D eigenvalue weighted by atomic mass is 19.1. The first-order valence-electron chi connectivity index (χ1n) is 8.19. The number of carbonyl (C=O) groups is 1. The number of carbonyl (C=O) groups excluding carboxylic acids is 1. The van der Waals surface area contributed by atoms with Crippen LogP contribution in [0.1, 0.15) is 34.4 Å². The summed E-state index contributed by atoms with van der Waals surface area (Å²) in [5.74, 6) is -0.469. The molecule has 26 heavy (non-hydrogen) atoms. The maximum atomic E-state index is 13.6. The Kier molecular flexibility index (Phi) is 3.90. The number of hydrogen-bond donors (Lipinski definition) is 0. The predicted octanol–water partition coefficient (Wildman–Crippen LogP) is 1.49. The van der Waals surface area contributed by atoms with Gasteiger partial charge in [-0.25, -0.2) is 15.0 Å². The fraction of sp³-hybridized carbons (Fsp3) is 0.294. The van der Waals surface area contributed by atoms with Gasteiger partial charge in [-0.15, -0.1) is 5.10 Å². The van der Waals surface area contributed by atoms with Crippen molar-refractivity contribution in [2.75, 3.05) is 0 Å². The molecule has 132 valence electrons. The smallest absolute Gasteiger partial charge is 0.254 e. The molecule has 0 saturated heterocycles. The Labute approximate surface area is 148 Å². The van der Waals surface area contributed by atoms with Gasteiger partial charge in [-0.05, 0) is 26.0 Å². The van der Waals surface area contributed by atoms with Gasteiger partial charge in [0.15, 0.2) is 0 Å². The normalized spacial score (nSPS) is 16.4. The number of rotatable bonds is 2. The number of aryl methyl sites for hydroxylation is 1. The van der Waals surface area contributed by atoms with E-state index in [-0.39, 0.29) is 17.5 Å². The largest absolute Gasteiger partial charge is 0.329 e. The van der Waals surface area contributed by atoms with Crippen molar-refractivity contribution < 1.29 is 9.18 Å². The zero-order valence-electron chi connectivity index (χ0n) is 14.3. The second kappa shape index (κ2) is 6.25. The van der Waals surface area contributed by atoms with Crippen molar-refractivity contribution in [2.24, 2.45) is 0 Å². The van der Waals surface area contributed by atoms with Gasteiger partial charge >= 0.3 is 0 Å². The average Bonchev–Trinajstić information content (AvgIpc) is 3.03. The summed E-state index contributed by atoms with van der Waals surface area (Å²) in [6.07, 6.45) is 3.83. The molecule has 3 aromatic rings. The Hall–Kier alpha value is -3.23. The summed E-state index contributed by atoms with van der Waals surface area (Å²) in [5, 5.41) is 8.31. The van der Waals surface area contributed by atoms with Gasteiger partial charge in [-0.3, -0.25) is 4.79 Å². The van der Waals surface area contributed by atoms with E-state index in [4.69, 9.17) is 0 Å². The molecule has 0 saturated carbocycles. The van der Waals surface area contributed by atoms with E-state index in [9.17, 15) is 9.18 Å². The highest BCUT2D eigenvalue weighted by Gasteiger charge is 2.32. The summed E-state index contributed by atoms with van der Waals surface area (Å²) in [7, 11) is 0. The van der Waals surface area contributed by atoms with E-state index in [2.05, 4.69) is 25.3 Å². The second-order valence-corrected chi connectivity index (χ2v) is 6.25. The van der Waals surface area contributed by atoms with Gasteiger partial charge in [0.2, 0.25) is 5.95 Å². The van der Waals surface area contributed by atoms with Gasteiger partial charge in [-0.2, -0.15) is 9.07 Å². The zero-order valence-corrected chi connectivity index (χ0v) is 14.3. The molecule has 0 aliphatic carbocycles. The third-order valence-corrected chi connectivity index (χ3v) is 4.36. The Morgan fingerprint density at radius 2 is 2.04 bits per heavy atom. The molecule has 0 radical (unpaired) electrons. The Balaban J connectivity index is 1.65. The minimum atomic E-state index is -0.661. The van der Waals surface area contributed by atoms with Crippen molar-refractivity contribution in [1.29, 1.82) is 0 Å². The van der Waals surface area contributed by atoms with Crippen molar-refractivity contribution >= 4 is 5.91 Å². The van der Waals surface area contributed by atoms with E-state index in [1.807, 2.05) is 6.92 Å². The van der Waals surface area contributed by atoms with Crippen LogP contribution in [0.2, 0.25) is 0 Å². The number of aromatic nitrogens is 6. The van der Waals surface area contributed by atoms with Crippen molar-refractivity contribution in [3.05, 3.63) is 59.2 Å². The van der Waals surface area contributed by atoms with Gasteiger partial charge in [0.25, 0.3) is 11.9 Å². The highest BCUT2D eigenvalue weighted by Crippen LogP contribution is 2.24. The van der Waals surface area contributed by atoms with Crippen LogP contribution in [0.4, 0.5) is 4.39 Å². The summed E-state index contributed by atoms with van der Waals surface area (Å²) in [6.45, 7) is 3.89. The van der Waals surface area contributed by atoms with E-state index >= 15 is 0 Å². The van der Waals surface area contributed by atoms with Crippen LogP contribution in [0.25, 0.3) is 5.95 Å². The lowest BCUT2D eigenvalue weighted by molar-refractivity contribution is 0.0652. The fourth-order valence-corrected chi connectivity index (χ4v) is 3.12. The lowest BCUT2D eigenvalue weighted by atomic mass is 10.0. The lowest BCUT2D eigenvalue weighted by Crippen LogP contribution is -2.43. The molecule has 4 rings (SSSR count). The van der Waals surface area contributed by atoms with Crippen LogP contribution < -0.4 is 0 Å². The highest BCUT2D eigenvalue weighted by molar-refractivity contribution is 5.94. The molecule has 0 aromatic carbocycles. The molecule has 1 aliphatic rings. The van der Waals surface area contributed by atoms with Crippen LogP contribution in [0.15, 0.2) is 30.6 Å². The van der Waals surface area contributed by atoms with Crippen molar-refractivity contribution in [2.45, 2.75) is 32.9 Å². The molecule has 0 bridgehead atoms. The molecule has 0 unspecified atom stereocenters. The molecule has 1 atom stereocenters. The van der Waals surface area contributed by atoms with Gasteiger partial charge in [0.05, 0.1) is 12.2 Å². The number of halogens is 1. The number of hydrogen-bond acceptors (Lipinski definition) is 6. The van der Waals surface area contributed by atoms with Crippen LogP contribution in [0, 0.1) is 12.9 Å². The maximum absolute atomic E-state index is 13.6. The molecular weight excluding hydrogens is 337 g/mol. The van der Waals surface area contributed by atoms with E-state index in [1.54, 1.807) is 41.0 Å². The summed E-state index contributed by atoms with van der Waals surface area (Å²) < 4.78 is 15.2. The molecule has 3 aromatic heterocycles. The Bertz CT molecular complexity index is 952. The molecule has 9 heteroatoms. The maximum Gasteiger partial charge on any atom is 0.254 e. The molecule has 0 fully saturated rings. The first-order chi connectivity index (χ1) is 12.5. The molecule has 1 amide bonds. The van der Waals surface area contributed by atoms with E-state index in [1.165, 1.54) is 0 Å². The monoisotopic (exact) mass is 353 g/mol. The number of amides is 1. The number of nitrogens with zero attached hydrogens (tertiary/aromatic N) is 7. The zero-order chi connectivity index (χ0) is 18.3. The van der Waals surface area contributed by atoms with Crippen LogP contribution in [0.3, 0.4) is 0 Å². The third kappa shape index (κ3) is 2.81.